The van der Waals surface area contributed by atoms with Crippen LogP contribution in [0.1, 0.15) is 20.3 Å². The molecule has 1 N–H and O–H groups in total. The van der Waals surface area contributed by atoms with Crippen LogP contribution in [0.3, 0.4) is 0 Å². The zero-order valence-corrected chi connectivity index (χ0v) is 12.1. The first kappa shape index (κ1) is 15.3. The molecule has 1 aliphatic heterocycles. The molecule has 1 aromatic rings. The van der Waals surface area contributed by atoms with E-state index in [1.54, 1.807) is 0 Å². The number of nitrogens with one attached hydrogen (secondary N) is 1. The first-order valence-corrected chi connectivity index (χ1v) is 6.99. The number of imide groups is 1. The number of benzene rings is 1. The Bertz CT molecular complexity index is 516. The molecule has 0 aromatic heterocycles. The quantitative estimate of drug-likeness (QED) is 0.646. The maximum Gasteiger partial charge on any atom is 0.324 e. The summed E-state index contributed by atoms with van der Waals surface area (Å²) in [6.07, 6.45) is 0.529. The van der Waals surface area contributed by atoms with E-state index in [1.165, 1.54) is 29.2 Å². The Morgan fingerprint density at radius 2 is 1.95 bits per heavy atom. The van der Waals surface area contributed by atoms with Gasteiger partial charge in [-0.05, 0) is 36.6 Å². The van der Waals surface area contributed by atoms with Crippen molar-refractivity contribution in [3.05, 3.63) is 30.1 Å². The Balaban J connectivity index is 1.77. The molecule has 114 valence electrons. The summed E-state index contributed by atoms with van der Waals surface area (Å²) in [7, 11) is 0. The van der Waals surface area contributed by atoms with Gasteiger partial charge < -0.3 is 10.1 Å². The summed E-state index contributed by atoms with van der Waals surface area (Å²) >= 11 is 0. The summed E-state index contributed by atoms with van der Waals surface area (Å²) in [5.41, 5.74) is 0. The zero-order valence-electron chi connectivity index (χ0n) is 12.1. The number of hydrogen-bond donors (Lipinski definition) is 1. The Labute approximate surface area is 123 Å². The highest BCUT2D eigenvalue weighted by molar-refractivity contribution is 6.04. The number of rotatable bonds is 6. The normalized spacial score (nSPS) is 18.3. The van der Waals surface area contributed by atoms with Crippen molar-refractivity contribution in [1.29, 1.82) is 0 Å². The largest absolute Gasteiger partial charge is 0.494 e. The van der Waals surface area contributed by atoms with E-state index < -0.39 is 6.04 Å². The van der Waals surface area contributed by atoms with Gasteiger partial charge in [0.15, 0.2) is 0 Å². The molecule has 0 bridgehead atoms. The number of carbonyl (C=O) groups is 2. The zero-order chi connectivity index (χ0) is 15.4. The molecule has 6 heteroatoms. The minimum atomic E-state index is -0.435. The first-order valence-electron chi connectivity index (χ1n) is 6.99. The lowest BCUT2D eigenvalue weighted by molar-refractivity contribution is -0.128. The summed E-state index contributed by atoms with van der Waals surface area (Å²) in [4.78, 5) is 25.0. The third-order valence-corrected chi connectivity index (χ3v) is 3.33. The number of hydrogen-bond acceptors (Lipinski definition) is 3. The predicted molar refractivity (Wildman–Crippen MR) is 75.4 cm³/mol. The molecule has 1 aromatic carbocycles. The monoisotopic (exact) mass is 294 g/mol. The van der Waals surface area contributed by atoms with Crippen LogP contribution in [0.2, 0.25) is 0 Å². The van der Waals surface area contributed by atoms with Crippen LogP contribution in [0.25, 0.3) is 0 Å². The highest BCUT2D eigenvalue weighted by Gasteiger charge is 2.38. The molecule has 1 heterocycles. The number of amides is 3. The van der Waals surface area contributed by atoms with Crippen molar-refractivity contribution < 1.29 is 18.7 Å². The van der Waals surface area contributed by atoms with Gasteiger partial charge in [-0.3, -0.25) is 9.69 Å². The molecule has 0 aliphatic carbocycles. The van der Waals surface area contributed by atoms with Gasteiger partial charge >= 0.3 is 6.03 Å². The molecule has 0 radical (unpaired) electrons. The number of nitrogens with zero attached hydrogens (tertiary/aromatic N) is 1. The summed E-state index contributed by atoms with van der Waals surface area (Å²) in [6.45, 7) is 4.46. The van der Waals surface area contributed by atoms with E-state index in [0.717, 1.165) is 0 Å². The fourth-order valence-electron chi connectivity index (χ4n) is 2.15. The van der Waals surface area contributed by atoms with Gasteiger partial charge in [-0.15, -0.1) is 0 Å². The molecule has 1 saturated heterocycles. The SMILES string of the molecule is CC(C)[C@@H]1NC(=O)N(CCCOc2ccc(F)cc2)C1=O. The average Bonchev–Trinajstić information content (AvgIpc) is 2.73. The van der Waals surface area contributed by atoms with Crippen LogP contribution >= 0.6 is 0 Å². The number of ether oxygens (including phenoxy) is 1. The number of urea groups is 1. The van der Waals surface area contributed by atoms with E-state index in [-0.39, 0.29) is 23.7 Å². The fourth-order valence-corrected chi connectivity index (χ4v) is 2.15. The highest BCUT2D eigenvalue weighted by atomic mass is 19.1. The first-order chi connectivity index (χ1) is 9.99. The van der Waals surface area contributed by atoms with Crippen molar-refractivity contribution in [2.45, 2.75) is 26.3 Å². The smallest absolute Gasteiger partial charge is 0.324 e. The predicted octanol–water partition coefficient (Wildman–Crippen LogP) is 2.17. The third kappa shape index (κ3) is 3.71. The Kier molecular flexibility index (Phi) is 4.77. The van der Waals surface area contributed by atoms with Crippen LogP contribution in [-0.2, 0) is 4.79 Å². The van der Waals surface area contributed by atoms with Gasteiger partial charge in [0.05, 0.1) is 6.61 Å². The van der Waals surface area contributed by atoms with Crippen LogP contribution in [0.4, 0.5) is 9.18 Å². The van der Waals surface area contributed by atoms with Gasteiger partial charge in [-0.2, -0.15) is 0 Å². The topological polar surface area (TPSA) is 58.6 Å². The Morgan fingerprint density at radius 3 is 2.52 bits per heavy atom. The minimum Gasteiger partial charge on any atom is -0.494 e. The number of carbonyl (C=O) groups excluding carboxylic acids is 2. The minimum absolute atomic E-state index is 0.0712. The van der Waals surface area contributed by atoms with Crippen LogP contribution in [0.15, 0.2) is 24.3 Å². The fraction of sp³-hybridized carbons (Fsp3) is 0.467. The van der Waals surface area contributed by atoms with E-state index in [0.29, 0.717) is 25.3 Å². The van der Waals surface area contributed by atoms with Crippen molar-refractivity contribution in [2.75, 3.05) is 13.2 Å². The molecule has 1 atom stereocenters. The van der Waals surface area contributed by atoms with Gasteiger partial charge in [0.2, 0.25) is 0 Å². The molecule has 3 amide bonds. The second-order valence-electron chi connectivity index (χ2n) is 5.32. The van der Waals surface area contributed by atoms with Crippen molar-refractivity contribution >= 4 is 11.9 Å². The molecule has 0 spiro atoms. The van der Waals surface area contributed by atoms with E-state index in [1.807, 2.05) is 13.8 Å². The Hall–Kier alpha value is -2.11. The van der Waals surface area contributed by atoms with Crippen LogP contribution < -0.4 is 10.1 Å². The molecule has 0 unspecified atom stereocenters. The lowest BCUT2D eigenvalue weighted by Crippen LogP contribution is -2.35. The lowest BCUT2D eigenvalue weighted by Gasteiger charge is -2.14. The standard InChI is InChI=1S/C15H19FN2O3/c1-10(2)13-14(19)18(15(20)17-13)8-3-9-21-12-6-4-11(16)5-7-12/h4-7,10,13H,3,8-9H2,1-2H3,(H,17,20)/t13-/m0/s1. The van der Waals surface area contributed by atoms with Gasteiger partial charge in [-0.25, -0.2) is 9.18 Å². The molecule has 5 nitrogen and oxygen atoms in total. The summed E-state index contributed by atoms with van der Waals surface area (Å²) < 4.78 is 18.2. The Morgan fingerprint density at radius 1 is 1.29 bits per heavy atom. The second-order valence-corrected chi connectivity index (χ2v) is 5.32. The maximum absolute atomic E-state index is 12.7. The average molecular weight is 294 g/mol. The van der Waals surface area contributed by atoms with Crippen LogP contribution in [-0.4, -0.2) is 36.0 Å². The number of halogens is 1. The molecule has 1 aliphatic rings. The molecule has 0 saturated carbocycles. The van der Waals surface area contributed by atoms with E-state index in [9.17, 15) is 14.0 Å². The lowest BCUT2D eigenvalue weighted by atomic mass is 10.1. The van der Waals surface area contributed by atoms with E-state index in [4.69, 9.17) is 4.74 Å². The van der Waals surface area contributed by atoms with Crippen molar-refractivity contribution in [3.8, 4) is 5.75 Å². The van der Waals surface area contributed by atoms with Crippen LogP contribution in [0.5, 0.6) is 5.75 Å². The van der Waals surface area contributed by atoms with E-state index >= 15 is 0 Å². The van der Waals surface area contributed by atoms with E-state index in [2.05, 4.69) is 5.32 Å². The second kappa shape index (κ2) is 6.56. The van der Waals surface area contributed by atoms with Crippen LogP contribution in [0, 0.1) is 11.7 Å². The molecule has 21 heavy (non-hydrogen) atoms. The summed E-state index contributed by atoms with van der Waals surface area (Å²) in [6, 6.07) is 4.94. The van der Waals surface area contributed by atoms with Crippen molar-refractivity contribution in [3.63, 3.8) is 0 Å². The molecule has 1 fully saturated rings. The van der Waals surface area contributed by atoms with Crippen molar-refractivity contribution in [2.24, 2.45) is 5.92 Å². The maximum atomic E-state index is 12.7. The highest BCUT2D eigenvalue weighted by Crippen LogP contribution is 2.15. The summed E-state index contributed by atoms with van der Waals surface area (Å²) in [5, 5.41) is 2.67. The molecular formula is C15H19FN2O3. The summed E-state index contributed by atoms with van der Waals surface area (Å²) in [5.74, 6) is 0.133. The van der Waals surface area contributed by atoms with Gasteiger partial charge in [0, 0.05) is 6.54 Å². The molecular weight excluding hydrogens is 275 g/mol. The van der Waals surface area contributed by atoms with Gasteiger partial charge in [0.1, 0.15) is 17.6 Å². The van der Waals surface area contributed by atoms with Gasteiger partial charge in [-0.1, -0.05) is 13.8 Å². The van der Waals surface area contributed by atoms with Crippen molar-refractivity contribution in [1.82, 2.24) is 10.2 Å². The van der Waals surface area contributed by atoms with Gasteiger partial charge in [0.25, 0.3) is 5.91 Å². The third-order valence-electron chi connectivity index (χ3n) is 3.33. The molecule has 2 rings (SSSR count).